The van der Waals surface area contributed by atoms with Crippen molar-refractivity contribution in [2.45, 2.75) is 19.3 Å². The zero-order chi connectivity index (χ0) is 19.9. The van der Waals surface area contributed by atoms with Crippen molar-refractivity contribution in [2.75, 3.05) is 38.8 Å². The largest absolute Gasteiger partial charge is 0.497 e. The predicted octanol–water partition coefficient (Wildman–Crippen LogP) is 3.36. The number of carbonyl (C=O) groups is 2. The second kappa shape index (κ2) is 9.26. The maximum atomic E-state index is 12.6. The summed E-state index contributed by atoms with van der Waals surface area (Å²) in [6.45, 7) is 1.61. The van der Waals surface area contributed by atoms with Gasteiger partial charge in [-0.2, -0.15) is 0 Å². The first-order valence-electron chi connectivity index (χ1n) is 9.51. The summed E-state index contributed by atoms with van der Waals surface area (Å²) >= 11 is 0. The highest BCUT2D eigenvalue weighted by atomic mass is 16.5. The van der Waals surface area contributed by atoms with E-state index in [0.29, 0.717) is 25.1 Å². The molecule has 3 rings (SSSR count). The van der Waals surface area contributed by atoms with Crippen molar-refractivity contribution in [2.24, 2.45) is 0 Å². The molecular weight excluding hydrogens is 356 g/mol. The molecule has 1 heterocycles. The standard InChI is InChI=1S/C22H26N2O4/c1-23(15-16-28-20-12-10-19(27-2)11-13-20)22(26)17-6-8-18(9-7-17)24-14-4-3-5-21(24)25/h6-13H,3-5,14-16H2,1-2H3. The first-order chi connectivity index (χ1) is 13.6. The van der Waals surface area contributed by atoms with Crippen LogP contribution in [0.25, 0.3) is 0 Å². The smallest absolute Gasteiger partial charge is 0.253 e. The van der Waals surface area contributed by atoms with Crippen molar-refractivity contribution in [1.82, 2.24) is 4.90 Å². The second-order valence-corrected chi connectivity index (χ2v) is 6.80. The molecule has 148 valence electrons. The van der Waals surface area contributed by atoms with Crippen molar-refractivity contribution >= 4 is 17.5 Å². The summed E-state index contributed by atoms with van der Waals surface area (Å²) in [5, 5.41) is 0. The Morgan fingerprint density at radius 3 is 2.36 bits per heavy atom. The fourth-order valence-electron chi connectivity index (χ4n) is 3.16. The van der Waals surface area contributed by atoms with Gasteiger partial charge in [-0.25, -0.2) is 0 Å². The van der Waals surface area contributed by atoms with E-state index < -0.39 is 0 Å². The van der Waals surface area contributed by atoms with E-state index in [1.54, 1.807) is 36.1 Å². The number of anilines is 1. The Labute approximate surface area is 165 Å². The van der Waals surface area contributed by atoms with E-state index >= 15 is 0 Å². The summed E-state index contributed by atoms with van der Waals surface area (Å²) in [6.07, 6.45) is 2.57. The molecule has 1 aliphatic rings. The molecule has 2 aromatic rings. The Morgan fingerprint density at radius 1 is 1.04 bits per heavy atom. The molecule has 0 saturated carbocycles. The SMILES string of the molecule is COc1ccc(OCCN(C)C(=O)c2ccc(N3CCCCC3=O)cc2)cc1. The van der Waals surface area contributed by atoms with Crippen molar-refractivity contribution in [1.29, 1.82) is 0 Å². The highest BCUT2D eigenvalue weighted by Gasteiger charge is 2.20. The van der Waals surface area contributed by atoms with Crippen LogP contribution in [0.1, 0.15) is 29.6 Å². The third kappa shape index (κ3) is 4.82. The summed E-state index contributed by atoms with van der Waals surface area (Å²) in [6, 6.07) is 14.6. The number of hydrogen-bond acceptors (Lipinski definition) is 4. The van der Waals surface area contributed by atoms with Crippen LogP contribution in [-0.2, 0) is 4.79 Å². The number of methoxy groups -OCH3 is 1. The fraction of sp³-hybridized carbons (Fsp3) is 0.364. The average molecular weight is 382 g/mol. The molecule has 1 aliphatic heterocycles. The van der Waals surface area contributed by atoms with Gasteiger partial charge in [0, 0.05) is 31.3 Å². The second-order valence-electron chi connectivity index (χ2n) is 6.80. The van der Waals surface area contributed by atoms with Crippen LogP contribution in [0.3, 0.4) is 0 Å². The van der Waals surface area contributed by atoms with Gasteiger partial charge in [-0.1, -0.05) is 0 Å². The molecule has 6 nitrogen and oxygen atoms in total. The van der Waals surface area contributed by atoms with Crippen LogP contribution in [0, 0.1) is 0 Å². The van der Waals surface area contributed by atoms with E-state index in [1.807, 2.05) is 36.4 Å². The molecule has 0 aliphatic carbocycles. The van der Waals surface area contributed by atoms with Crippen molar-refractivity contribution in [3.63, 3.8) is 0 Å². The highest BCUT2D eigenvalue weighted by Crippen LogP contribution is 2.22. The van der Waals surface area contributed by atoms with Crippen LogP contribution in [0.2, 0.25) is 0 Å². The zero-order valence-corrected chi connectivity index (χ0v) is 16.4. The molecule has 0 atom stereocenters. The molecular formula is C22H26N2O4. The minimum atomic E-state index is -0.0742. The molecule has 0 bridgehead atoms. The lowest BCUT2D eigenvalue weighted by atomic mass is 10.1. The summed E-state index contributed by atoms with van der Waals surface area (Å²) in [7, 11) is 3.37. The number of rotatable bonds is 7. The number of ether oxygens (including phenoxy) is 2. The number of benzene rings is 2. The van der Waals surface area contributed by atoms with Gasteiger partial charge < -0.3 is 19.3 Å². The van der Waals surface area contributed by atoms with Gasteiger partial charge in [-0.05, 0) is 61.4 Å². The van der Waals surface area contributed by atoms with E-state index in [-0.39, 0.29) is 11.8 Å². The van der Waals surface area contributed by atoms with Gasteiger partial charge in [0.25, 0.3) is 5.91 Å². The molecule has 2 aromatic carbocycles. The molecule has 0 N–H and O–H groups in total. The van der Waals surface area contributed by atoms with Gasteiger partial charge in [0.05, 0.1) is 13.7 Å². The normalized spacial score (nSPS) is 13.9. The number of piperidine rings is 1. The zero-order valence-electron chi connectivity index (χ0n) is 16.4. The molecule has 28 heavy (non-hydrogen) atoms. The molecule has 2 amide bonds. The maximum Gasteiger partial charge on any atom is 0.253 e. The van der Waals surface area contributed by atoms with Crippen LogP contribution >= 0.6 is 0 Å². The minimum Gasteiger partial charge on any atom is -0.497 e. The Morgan fingerprint density at radius 2 is 1.71 bits per heavy atom. The summed E-state index contributed by atoms with van der Waals surface area (Å²) in [5.41, 5.74) is 1.45. The van der Waals surface area contributed by atoms with Gasteiger partial charge in [0.1, 0.15) is 18.1 Å². The summed E-state index contributed by atoms with van der Waals surface area (Å²) in [5.74, 6) is 1.58. The summed E-state index contributed by atoms with van der Waals surface area (Å²) < 4.78 is 10.8. The Hall–Kier alpha value is -3.02. The molecule has 0 spiro atoms. The lowest BCUT2D eigenvalue weighted by Gasteiger charge is -2.27. The molecule has 0 unspecified atom stereocenters. The molecule has 0 aromatic heterocycles. The Bertz CT molecular complexity index is 802. The van der Waals surface area contributed by atoms with Crippen LogP contribution in [0.15, 0.2) is 48.5 Å². The van der Waals surface area contributed by atoms with E-state index in [9.17, 15) is 9.59 Å². The van der Waals surface area contributed by atoms with Gasteiger partial charge in [0.15, 0.2) is 0 Å². The number of likely N-dealkylation sites (N-methyl/N-ethyl adjacent to an activating group) is 1. The molecule has 0 radical (unpaired) electrons. The predicted molar refractivity (Wildman–Crippen MR) is 108 cm³/mol. The number of carbonyl (C=O) groups excluding carboxylic acids is 2. The molecule has 1 fully saturated rings. The van der Waals surface area contributed by atoms with Crippen LogP contribution in [0.5, 0.6) is 11.5 Å². The van der Waals surface area contributed by atoms with Gasteiger partial charge in [0.2, 0.25) is 5.91 Å². The minimum absolute atomic E-state index is 0.0742. The van der Waals surface area contributed by atoms with Gasteiger partial charge in [-0.3, -0.25) is 9.59 Å². The first-order valence-corrected chi connectivity index (χ1v) is 9.51. The Balaban J connectivity index is 1.51. The quantitative estimate of drug-likeness (QED) is 0.737. The van der Waals surface area contributed by atoms with E-state index in [2.05, 4.69) is 0 Å². The van der Waals surface area contributed by atoms with Crippen molar-refractivity contribution in [3.8, 4) is 11.5 Å². The highest BCUT2D eigenvalue weighted by molar-refractivity contribution is 5.96. The van der Waals surface area contributed by atoms with E-state index in [4.69, 9.17) is 9.47 Å². The van der Waals surface area contributed by atoms with Gasteiger partial charge in [-0.15, -0.1) is 0 Å². The number of amides is 2. The Kier molecular flexibility index (Phi) is 6.53. The van der Waals surface area contributed by atoms with Gasteiger partial charge >= 0.3 is 0 Å². The fourth-order valence-corrected chi connectivity index (χ4v) is 3.16. The lowest BCUT2D eigenvalue weighted by molar-refractivity contribution is -0.119. The van der Waals surface area contributed by atoms with E-state index in [0.717, 1.165) is 36.6 Å². The third-order valence-electron chi connectivity index (χ3n) is 4.85. The van der Waals surface area contributed by atoms with Crippen LogP contribution in [0.4, 0.5) is 5.69 Å². The maximum absolute atomic E-state index is 12.6. The van der Waals surface area contributed by atoms with Crippen LogP contribution < -0.4 is 14.4 Å². The summed E-state index contributed by atoms with van der Waals surface area (Å²) in [4.78, 5) is 28.0. The first kappa shape index (κ1) is 19.7. The third-order valence-corrected chi connectivity index (χ3v) is 4.85. The van der Waals surface area contributed by atoms with Crippen molar-refractivity contribution in [3.05, 3.63) is 54.1 Å². The van der Waals surface area contributed by atoms with E-state index in [1.165, 1.54) is 0 Å². The van der Waals surface area contributed by atoms with Crippen LogP contribution in [-0.4, -0.2) is 50.6 Å². The monoisotopic (exact) mass is 382 g/mol. The lowest BCUT2D eigenvalue weighted by Crippen LogP contribution is -2.35. The number of hydrogen-bond donors (Lipinski definition) is 0. The van der Waals surface area contributed by atoms with Crippen molar-refractivity contribution < 1.29 is 19.1 Å². The topological polar surface area (TPSA) is 59.1 Å². The number of nitrogens with zero attached hydrogens (tertiary/aromatic N) is 2. The molecule has 1 saturated heterocycles. The average Bonchev–Trinajstić information content (AvgIpc) is 2.74. The molecule has 6 heteroatoms.